The highest BCUT2D eigenvalue weighted by molar-refractivity contribution is 9.10. The molecule has 0 radical (unpaired) electrons. The molecule has 1 saturated heterocycles. The number of amides is 1. The summed E-state index contributed by atoms with van der Waals surface area (Å²) in [5.74, 6) is 1.86. The van der Waals surface area contributed by atoms with Crippen LogP contribution in [0.3, 0.4) is 0 Å². The van der Waals surface area contributed by atoms with E-state index < -0.39 is 0 Å². The zero-order chi connectivity index (χ0) is 20.3. The molecule has 2 heterocycles. The molecule has 1 amide bonds. The fraction of sp³-hybridized carbons (Fsp3) is 0.476. The monoisotopic (exact) mass is 448 g/mol. The Balaban J connectivity index is 1.55. The lowest BCUT2D eigenvalue weighted by Gasteiger charge is -2.35. The summed E-state index contributed by atoms with van der Waals surface area (Å²) in [6.07, 6.45) is 0.740. The third-order valence-corrected chi connectivity index (χ3v) is 5.45. The Hall–Kier alpha value is -2.02. The minimum Gasteiger partial charge on any atom is -0.353 e. The second-order valence-corrected chi connectivity index (χ2v) is 8.40. The third-order valence-electron chi connectivity index (χ3n) is 4.95. The average Bonchev–Trinajstić information content (AvgIpc) is 2.66. The van der Waals surface area contributed by atoms with E-state index in [0.717, 1.165) is 30.4 Å². The molecule has 7 heteroatoms. The summed E-state index contributed by atoms with van der Waals surface area (Å²) in [6, 6.07) is 6.97. The van der Waals surface area contributed by atoms with Gasteiger partial charge in [0.15, 0.2) is 0 Å². The van der Waals surface area contributed by atoms with Gasteiger partial charge in [-0.15, -0.1) is 0 Å². The van der Waals surface area contributed by atoms with Crippen LogP contribution in [0.15, 0.2) is 28.7 Å². The standard InChI is InChI=1S/C21H26BrFN4O/c1-14(2)21-24-15(3)12-19(25-21)26-8-10-27(11-9-26)20(28)7-5-16-4-6-17(22)13-18(16)23/h4,6,12-14H,5,7-11H2,1-3H3. The van der Waals surface area contributed by atoms with Gasteiger partial charge >= 0.3 is 0 Å². The Morgan fingerprint density at radius 3 is 2.54 bits per heavy atom. The van der Waals surface area contributed by atoms with E-state index in [1.165, 1.54) is 6.07 Å². The number of halogens is 2. The van der Waals surface area contributed by atoms with E-state index in [9.17, 15) is 9.18 Å². The topological polar surface area (TPSA) is 49.3 Å². The van der Waals surface area contributed by atoms with Gasteiger partial charge in [-0.2, -0.15) is 0 Å². The summed E-state index contributed by atoms with van der Waals surface area (Å²) >= 11 is 3.25. The zero-order valence-corrected chi connectivity index (χ0v) is 18.2. The number of carbonyl (C=O) groups excluding carboxylic acids is 1. The van der Waals surface area contributed by atoms with Crippen LogP contribution in [0, 0.1) is 12.7 Å². The number of aromatic nitrogens is 2. The first-order valence-electron chi connectivity index (χ1n) is 9.65. The fourth-order valence-electron chi connectivity index (χ4n) is 3.30. The van der Waals surface area contributed by atoms with E-state index in [1.807, 2.05) is 17.9 Å². The van der Waals surface area contributed by atoms with Gasteiger partial charge in [0.1, 0.15) is 17.5 Å². The van der Waals surface area contributed by atoms with Crippen LogP contribution in [0.4, 0.5) is 10.2 Å². The minimum absolute atomic E-state index is 0.0729. The highest BCUT2D eigenvalue weighted by atomic mass is 79.9. The highest BCUT2D eigenvalue weighted by Crippen LogP contribution is 2.20. The Morgan fingerprint density at radius 2 is 1.89 bits per heavy atom. The number of piperazine rings is 1. The summed E-state index contributed by atoms with van der Waals surface area (Å²) in [5.41, 5.74) is 1.54. The van der Waals surface area contributed by atoms with E-state index in [4.69, 9.17) is 0 Å². The second-order valence-electron chi connectivity index (χ2n) is 7.48. The molecule has 28 heavy (non-hydrogen) atoms. The molecule has 2 aromatic rings. The van der Waals surface area contributed by atoms with Crippen molar-refractivity contribution in [1.82, 2.24) is 14.9 Å². The molecule has 1 fully saturated rings. The van der Waals surface area contributed by atoms with Crippen molar-refractivity contribution >= 4 is 27.7 Å². The molecule has 0 saturated carbocycles. The molecule has 3 rings (SSSR count). The first kappa shape index (κ1) is 20.7. The van der Waals surface area contributed by atoms with E-state index >= 15 is 0 Å². The summed E-state index contributed by atoms with van der Waals surface area (Å²) < 4.78 is 14.6. The molecule has 1 aliphatic heterocycles. The fourth-order valence-corrected chi connectivity index (χ4v) is 3.64. The smallest absolute Gasteiger partial charge is 0.223 e. The second kappa shape index (κ2) is 8.99. The van der Waals surface area contributed by atoms with Crippen LogP contribution in [0.5, 0.6) is 0 Å². The number of aryl methyl sites for hydroxylation is 2. The van der Waals surface area contributed by atoms with Gasteiger partial charge in [-0.25, -0.2) is 14.4 Å². The van der Waals surface area contributed by atoms with Crippen molar-refractivity contribution in [3.05, 3.63) is 51.6 Å². The molecule has 1 aliphatic rings. The Labute approximate surface area is 174 Å². The lowest BCUT2D eigenvalue weighted by molar-refractivity contribution is -0.131. The van der Waals surface area contributed by atoms with Crippen molar-refractivity contribution in [2.24, 2.45) is 0 Å². The molecule has 0 N–H and O–H groups in total. The van der Waals surface area contributed by atoms with Gasteiger partial charge in [-0.05, 0) is 31.0 Å². The highest BCUT2D eigenvalue weighted by Gasteiger charge is 2.22. The Morgan fingerprint density at radius 1 is 1.18 bits per heavy atom. The molecule has 0 spiro atoms. The van der Waals surface area contributed by atoms with E-state index in [2.05, 4.69) is 44.6 Å². The first-order chi connectivity index (χ1) is 13.3. The number of nitrogens with zero attached hydrogens (tertiary/aromatic N) is 4. The van der Waals surface area contributed by atoms with Crippen LogP contribution in [0.2, 0.25) is 0 Å². The molecule has 0 aliphatic carbocycles. The van der Waals surface area contributed by atoms with Crippen molar-refractivity contribution in [2.45, 2.75) is 39.5 Å². The molecule has 0 unspecified atom stereocenters. The quantitative estimate of drug-likeness (QED) is 0.690. The number of carbonyl (C=O) groups is 1. The minimum atomic E-state index is -0.271. The predicted molar refractivity (Wildman–Crippen MR) is 112 cm³/mol. The summed E-state index contributed by atoms with van der Waals surface area (Å²) in [4.78, 5) is 25.8. The third kappa shape index (κ3) is 5.07. The molecule has 150 valence electrons. The molecule has 1 aromatic heterocycles. The molecular formula is C21H26BrFN4O. The molecule has 0 atom stereocenters. The van der Waals surface area contributed by atoms with Crippen LogP contribution in [-0.4, -0.2) is 47.0 Å². The van der Waals surface area contributed by atoms with Gasteiger partial charge in [-0.1, -0.05) is 35.8 Å². The van der Waals surface area contributed by atoms with Gasteiger partial charge in [0.25, 0.3) is 0 Å². The van der Waals surface area contributed by atoms with Gasteiger partial charge in [0.2, 0.25) is 5.91 Å². The summed E-state index contributed by atoms with van der Waals surface area (Å²) in [5, 5.41) is 0. The van der Waals surface area contributed by atoms with Crippen LogP contribution in [0.1, 0.15) is 43.3 Å². The van der Waals surface area contributed by atoms with Gasteiger partial charge in [0, 0.05) is 54.8 Å². The number of hydrogen-bond acceptors (Lipinski definition) is 4. The summed E-state index contributed by atoms with van der Waals surface area (Å²) in [6.45, 7) is 8.95. The van der Waals surface area contributed by atoms with Gasteiger partial charge in [-0.3, -0.25) is 4.79 Å². The van der Waals surface area contributed by atoms with Crippen molar-refractivity contribution in [2.75, 3.05) is 31.1 Å². The SMILES string of the molecule is Cc1cc(N2CCN(C(=O)CCc3ccc(Br)cc3F)CC2)nc(C(C)C)n1. The molecule has 5 nitrogen and oxygen atoms in total. The number of rotatable bonds is 5. The lowest BCUT2D eigenvalue weighted by atomic mass is 10.1. The number of anilines is 1. The van der Waals surface area contributed by atoms with Gasteiger partial charge in [0.05, 0.1) is 0 Å². The zero-order valence-electron chi connectivity index (χ0n) is 16.6. The Bertz CT molecular complexity index is 850. The van der Waals surface area contributed by atoms with Crippen molar-refractivity contribution < 1.29 is 9.18 Å². The average molecular weight is 449 g/mol. The molecule has 1 aromatic carbocycles. The Kier molecular flexibility index (Phi) is 6.65. The van der Waals surface area contributed by atoms with E-state index in [1.54, 1.807) is 12.1 Å². The maximum atomic E-state index is 13.9. The van der Waals surface area contributed by atoms with Crippen LogP contribution >= 0.6 is 15.9 Å². The molecular weight excluding hydrogens is 423 g/mol. The van der Waals surface area contributed by atoms with Crippen molar-refractivity contribution in [1.29, 1.82) is 0 Å². The first-order valence-corrected chi connectivity index (χ1v) is 10.4. The largest absolute Gasteiger partial charge is 0.353 e. The number of benzene rings is 1. The maximum Gasteiger partial charge on any atom is 0.223 e. The normalized spacial score (nSPS) is 14.6. The van der Waals surface area contributed by atoms with Crippen LogP contribution < -0.4 is 4.90 Å². The van der Waals surface area contributed by atoms with Gasteiger partial charge < -0.3 is 9.80 Å². The van der Waals surface area contributed by atoms with Crippen molar-refractivity contribution in [3.63, 3.8) is 0 Å². The van der Waals surface area contributed by atoms with Crippen LogP contribution in [0.25, 0.3) is 0 Å². The lowest BCUT2D eigenvalue weighted by Crippen LogP contribution is -2.49. The van der Waals surface area contributed by atoms with E-state index in [-0.39, 0.29) is 17.6 Å². The summed E-state index contributed by atoms with van der Waals surface area (Å²) in [7, 11) is 0. The van der Waals surface area contributed by atoms with Crippen LogP contribution in [-0.2, 0) is 11.2 Å². The van der Waals surface area contributed by atoms with Crippen molar-refractivity contribution in [3.8, 4) is 0 Å². The number of hydrogen-bond donors (Lipinski definition) is 0. The van der Waals surface area contributed by atoms with E-state index in [0.29, 0.717) is 36.0 Å². The maximum absolute atomic E-state index is 13.9. The molecule has 0 bridgehead atoms. The predicted octanol–water partition coefficient (Wildman–Crippen LogP) is 4.09.